The van der Waals surface area contributed by atoms with Crippen molar-refractivity contribution >= 4 is 34.2 Å². The average Bonchev–Trinajstić information content (AvgIpc) is 2.50. The number of hydrogen-bond donors (Lipinski definition) is 2. The molecule has 0 spiro atoms. The summed E-state index contributed by atoms with van der Waals surface area (Å²) in [5.74, 6) is -0.939. The number of carboxylic acid groups (broad SMARTS) is 1. The second kappa shape index (κ2) is 5.13. The highest BCUT2D eigenvalue weighted by Crippen LogP contribution is 2.27. The zero-order valence-corrected chi connectivity index (χ0v) is 8.97. The molecule has 1 aromatic rings. The van der Waals surface area contributed by atoms with E-state index < -0.39 is 11.2 Å². The fourth-order valence-corrected chi connectivity index (χ4v) is 2.47. The highest BCUT2D eigenvalue weighted by atomic mass is 32.2. The zero-order chi connectivity index (χ0) is 10.6. The standard InChI is InChI=1S/C6H9N3O3S2/c1-12-2-3(4(10)11)13-6-9-8-5(7)14-6/h3H,2H2,1H3,(H2,7,8)(H,10,11). The number of rotatable bonds is 5. The summed E-state index contributed by atoms with van der Waals surface area (Å²) in [5, 5.41) is 15.7. The SMILES string of the molecule is COCC(Sc1nnc(N)s1)C(=O)O. The molecule has 1 atom stereocenters. The molecule has 0 bridgehead atoms. The van der Waals surface area contributed by atoms with E-state index in [4.69, 9.17) is 15.6 Å². The van der Waals surface area contributed by atoms with Crippen LogP contribution in [0.2, 0.25) is 0 Å². The largest absolute Gasteiger partial charge is 0.480 e. The van der Waals surface area contributed by atoms with Crippen molar-refractivity contribution in [3.05, 3.63) is 0 Å². The Bertz CT molecular complexity index is 317. The molecule has 0 saturated heterocycles. The van der Waals surface area contributed by atoms with Crippen molar-refractivity contribution in [2.75, 3.05) is 19.5 Å². The summed E-state index contributed by atoms with van der Waals surface area (Å²) < 4.78 is 5.30. The molecule has 1 unspecified atom stereocenters. The molecule has 0 amide bonds. The van der Waals surface area contributed by atoms with Gasteiger partial charge in [0.25, 0.3) is 0 Å². The van der Waals surface area contributed by atoms with E-state index in [2.05, 4.69) is 10.2 Å². The third-order valence-corrected chi connectivity index (χ3v) is 3.25. The van der Waals surface area contributed by atoms with Gasteiger partial charge in [0, 0.05) is 7.11 Å². The fourth-order valence-electron chi connectivity index (χ4n) is 0.697. The smallest absolute Gasteiger partial charge is 0.319 e. The van der Waals surface area contributed by atoms with E-state index in [-0.39, 0.29) is 6.61 Å². The monoisotopic (exact) mass is 235 g/mol. The number of anilines is 1. The quantitative estimate of drug-likeness (QED) is 0.709. The molecule has 0 fully saturated rings. The van der Waals surface area contributed by atoms with Crippen LogP contribution in [-0.2, 0) is 9.53 Å². The van der Waals surface area contributed by atoms with Crippen LogP contribution in [0.15, 0.2) is 4.34 Å². The first kappa shape index (κ1) is 11.2. The predicted octanol–water partition coefficient (Wildman–Crippen LogP) is 0.312. The summed E-state index contributed by atoms with van der Waals surface area (Å²) in [6, 6.07) is 0. The van der Waals surface area contributed by atoms with Gasteiger partial charge in [0.1, 0.15) is 5.25 Å². The number of ether oxygens (including phenoxy) is 1. The van der Waals surface area contributed by atoms with Crippen LogP contribution in [0.5, 0.6) is 0 Å². The number of nitrogens with zero attached hydrogens (tertiary/aromatic N) is 2. The average molecular weight is 235 g/mol. The third-order valence-electron chi connectivity index (χ3n) is 1.26. The Balaban J connectivity index is 2.59. The van der Waals surface area contributed by atoms with E-state index in [1.54, 1.807) is 0 Å². The van der Waals surface area contributed by atoms with Gasteiger partial charge in [0.15, 0.2) is 4.34 Å². The molecule has 14 heavy (non-hydrogen) atoms. The van der Waals surface area contributed by atoms with E-state index in [0.29, 0.717) is 9.47 Å². The highest BCUT2D eigenvalue weighted by molar-refractivity contribution is 8.02. The van der Waals surface area contributed by atoms with Crippen molar-refractivity contribution in [2.45, 2.75) is 9.59 Å². The maximum Gasteiger partial charge on any atom is 0.319 e. The Morgan fingerprint density at radius 3 is 2.93 bits per heavy atom. The first-order valence-electron chi connectivity index (χ1n) is 3.61. The topological polar surface area (TPSA) is 98.3 Å². The Morgan fingerprint density at radius 2 is 2.50 bits per heavy atom. The van der Waals surface area contributed by atoms with Gasteiger partial charge in [0.2, 0.25) is 5.13 Å². The molecule has 3 N–H and O–H groups in total. The van der Waals surface area contributed by atoms with Crippen molar-refractivity contribution in [1.29, 1.82) is 0 Å². The number of hydrogen-bond acceptors (Lipinski definition) is 7. The number of aromatic nitrogens is 2. The summed E-state index contributed by atoms with van der Waals surface area (Å²) in [4.78, 5) is 10.7. The van der Waals surface area contributed by atoms with Crippen molar-refractivity contribution in [1.82, 2.24) is 10.2 Å². The molecular formula is C6H9N3O3S2. The minimum Gasteiger partial charge on any atom is -0.480 e. The van der Waals surface area contributed by atoms with Crippen LogP contribution in [0.4, 0.5) is 5.13 Å². The summed E-state index contributed by atoms with van der Waals surface area (Å²) in [5.41, 5.74) is 5.36. The van der Waals surface area contributed by atoms with Crippen molar-refractivity contribution in [3.63, 3.8) is 0 Å². The van der Waals surface area contributed by atoms with Crippen molar-refractivity contribution in [3.8, 4) is 0 Å². The second-order valence-corrected chi connectivity index (χ2v) is 4.77. The lowest BCUT2D eigenvalue weighted by Crippen LogP contribution is -2.21. The predicted molar refractivity (Wildman–Crippen MR) is 53.5 cm³/mol. The summed E-state index contributed by atoms with van der Waals surface area (Å²) in [6.07, 6.45) is 0. The number of aliphatic carboxylic acids is 1. The minimum absolute atomic E-state index is 0.124. The van der Waals surface area contributed by atoms with E-state index in [0.717, 1.165) is 23.1 Å². The second-order valence-electron chi connectivity index (χ2n) is 2.31. The Kier molecular flexibility index (Phi) is 4.11. The van der Waals surface area contributed by atoms with Crippen LogP contribution in [0, 0.1) is 0 Å². The van der Waals surface area contributed by atoms with Crippen LogP contribution in [0.1, 0.15) is 0 Å². The van der Waals surface area contributed by atoms with Crippen LogP contribution in [0.3, 0.4) is 0 Å². The van der Waals surface area contributed by atoms with Crippen LogP contribution < -0.4 is 5.73 Å². The molecule has 0 saturated carbocycles. The molecule has 1 rings (SSSR count). The summed E-state index contributed by atoms with van der Waals surface area (Å²) >= 11 is 2.24. The van der Waals surface area contributed by atoms with Gasteiger partial charge in [0.05, 0.1) is 6.61 Å². The molecular weight excluding hydrogens is 226 g/mol. The van der Waals surface area contributed by atoms with Gasteiger partial charge in [-0.2, -0.15) is 0 Å². The van der Waals surface area contributed by atoms with Crippen molar-refractivity contribution < 1.29 is 14.6 Å². The molecule has 8 heteroatoms. The fraction of sp³-hybridized carbons (Fsp3) is 0.500. The van der Waals surface area contributed by atoms with Crippen LogP contribution >= 0.6 is 23.1 Å². The number of nitrogens with two attached hydrogens (primary N) is 1. The lowest BCUT2D eigenvalue weighted by molar-refractivity contribution is -0.137. The van der Waals surface area contributed by atoms with Gasteiger partial charge in [-0.15, -0.1) is 10.2 Å². The minimum atomic E-state index is -0.939. The molecule has 1 aromatic heterocycles. The summed E-state index contributed by atoms with van der Waals surface area (Å²) in [6.45, 7) is 0.124. The Labute approximate surface area is 88.5 Å². The number of nitrogen functional groups attached to an aromatic ring is 1. The van der Waals surface area contributed by atoms with Crippen molar-refractivity contribution in [2.24, 2.45) is 0 Å². The number of thioether (sulfide) groups is 1. The van der Waals surface area contributed by atoms with Gasteiger partial charge in [-0.1, -0.05) is 23.1 Å². The van der Waals surface area contributed by atoms with E-state index >= 15 is 0 Å². The third kappa shape index (κ3) is 3.13. The lowest BCUT2D eigenvalue weighted by atomic mass is 10.5. The Morgan fingerprint density at radius 1 is 1.79 bits per heavy atom. The maximum atomic E-state index is 10.7. The molecule has 78 valence electrons. The lowest BCUT2D eigenvalue weighted by Gasteiger charge is -2.07. The van der Waals surface area contributed by atoms with E-state index in [1.807, 2.05) is 0 Å². The van der Waals surface area contributed by atoms with Gasteiger partial charge in [-0.05, 0) is 0 Å². The molecule has 6 nitrogen and oxygen atoms in total. The maximum absolute atomic E-state index is 10.7. The van der Waals surface area contributed by atoms with Crippen LogP contribution in [-0.4, -0.2) is 40.2 Å². The molecule has 0 aliphatic rings. The van der Waals surface area contributed by atoms with Gasteiger partial charge in [-0.3, -0.25) is 4.79 Å². The molecule has 0 radical (unpaired) electrons. The zero-order valence-electron chi connectivity index (χ0n) is 7.34. The molecule has 1 heterocycles. The highest BCUT2D eigenvalue weighted by Gasteiger charge is 2.20. The number of carbonyl (C=O) groups is 1. The van der Waals surface area contributed by atoms with Gasteiger partial charge >= 0.3 is 5.97 Å². The Hall–Kier alpha value is -0.860. The molecule has 0 aliphatic carbocycles. The molecule has 0 aromatic carbocycles. The van der Waals surface area contributed by atoms with Crippen LogP contribution in [0.25, 0.3) is 0 Å². The number of carboxylic acids is 1. The first-order valence-corrected chi connectivity index (χ1v) is 5.30. The first-order chi connectivity index (χ1) is 6.63. The molecule has 0 aliphatic heterocycles. The normalized spacial score (nSPS) is 12.6. The van der Waals surface area contributed by atoms with Gasteiger partial charge in [-0.25, -0.2) is 0 Å². The van der Waals surface area contributed by atoms with E-state index in [1.165, 1.54) is 7.11 Å². The van der Waals surface area contributed by atoms with Gasteiger partial charge < -0.3 is 15.6 Å². The summed E-state index contributed by atoms with van der Waals surface area (Å²) in [7, 11) is 1.45. The van der Waals surface area contributed by atoms with E-state index in [9.17, 15) is 4.79 Å². The number of methoxy groups -OCH3 is 1.